The molecule has 0 fully saturated rings. The predicted molar refractivity (Wildman–Crippen MR) is 100 cm³/mol. The standard InChI is InChI=1S/C21H25NO4.HI/c1-22(2)7-6-12-10-18(25-4)21(26-5)20-14-11-17(24-3)16(23)9-13(14)8-15(22)19(12)20;/h9-11,15H,6-8H2,1-5H3;1H/t15-;/m0./s1/i1D3;/t15-,22?;. The Bertz CT molecular complexity index is 995. The van der Waals surface area contributed by atoms with E-state index in [2.05, 4.69) is 0 Å². The highest BCUT2D eigenvalue weighted by molar-refractivity contribution is 5.84. The molecule has 0 aromatic heterocycles. The van der Waals surface area contributed by atoms with E-state index in [-0.39, 0.29) is 40.3 Å². The summed E-state index contributed by atoms with van der Waals surface area (Å²) in [6, 6.07) is 5.17. The van der Waals surface area contributed by atoms with Crippen LogP contribution in [0.25, 0.3) is 11.1 Å². The molecule has 2 aliphatic rings. The Kier molecular flexibility index (Phi) is 4.26. The van der Waals surface area contributed by atoms with Gasteiger partial charge in [-0.3, -0.25) is 0 Å². The van der Waals surface area contributed by atoms with Crippen LogP contribution in [0.5, 0.6) is 23.0 Å². The third-order valence-electron chi connectivity index (χ3n) is 5.75. The number of phenols is 1. The van der Waals surface area contributed by atoms with Crippen LogP contribution >= 0.6 is 0 Å². The number of hydrogen-bond donors (Lipinski definition) is 1. The van der Waals surface area contributed by atoms with Crippen molar-refractivity contribution in [3.8, 4) is 34.1 Å². The van der Waals surface area contributed by atoms with E-state index in [1.165, 1.54) is 7.11 Å². The molecule has 4 rings (SSSR count). The van der Waals surface area contributed by atoms with Crippen LogP contribution in [0.1, 0.15) is 26.8 Å². The average molecular weight is 486 g/mol. The quantitative estimate of drug-likeness (QED) is 0.502. The summed E-state index contributed by atoms with van der Waals surface area (Å²) in [4.78, 5) is 0. The molecular weight excluding hydrogens is 457 g/mol. The van der Waals surface area contributed by atoms with E-state index in [1.807, 2.05) is 6.07 Å². The largest absolute Gasteiger partial charge is 1.00 e. The van der Waals surface area contributed by atoms with Crippen LogP contribution < -0.4 is 38.2 Å². The molecule has 2 aromatic carbocycles. The molecule has 146 valence electrons. The predicted octanol–water partition coefficient (Wildman–Crippen LogP) is 0.319. The highest BCUT2D eigenvalue weighted by Crippen LogP contribution is 2.54. The fourth-order valence-corrected chi connectivity index (χ4v) is 4.40. The van der Waals surface area contributed by atoms with Gasteiger partial charge in [-0.25, -0.2) is 0 Å². The number of methoxy groups -OCH3 is 3. The minimum Gasteiger partial charge on any atom is -1.00 e. The molecule has 1 unspecified atom stereocenters. The Morgan fingerprint density at radius 3 is 2.44 bits per heavy atom. The maximum Gasteiger partial charge on any atom is 0.169 e. The second-order valence-corrected chi connectivity index (χ2v) is 7.20. The number of benzene rings is 2. The van der Waals surface area contributed by atoms with Gasteiger partial charge in [-0.1, -0.05) is 0 Å². The van der Waals surface area contributed by atoms with Crippen molar-refractivity contribution in [2.45, 2.75) is 18.9 Å². The number of quaternary nitrogens is 1. The maximum absolute atomic E-state index is 10.4. The third kappa shape index (κ3) is 2.93. The number of fused-ring (bicyclic) bond motifs is 2. The molecule has 27 heavy (non-hydrogen) atoms. The second kappa shape index (κ2) is 7.05. The topological polar surface area (TPSA) is 47.9 Å². The van der Waals surface area contributed by atoms with Gasteiger partial charge in [-0.15, -0.1) is 0 Å². The number of ether oxygens (including phenoxy) is 3. The van der Waals surface area contributed by atoms with Gasteiger partial charge < -0.3 is 47.8 Å². The Labute approximate surface area is 181 Å². The smallest absolute Gasteiger partial charge is 0.169 e. The van der Waals surface area contributed by atoms with Crippen molar-refractivity contribution in [1.29, 1.82) is 0 Å². The molecule has 1 N–H and O–H groups in total. The van der Waals surface area contributed by atoms with E-state index in [9.17, 15) is 5.11 Å². The Balaban J connectivity index is 0.00000256. The summed E-state index contributed by atoms with van der Waals surface area (Å²) in [7, 11) is 6.49. The Morgan fingerprint density at radius 2 is 1.81 bits per heavy atom. The van der Waals surface area contributed by atoms with Gasteiger partial charge >= 0.3 is 0 Å². The number of halogens is 1. The fourth-order valence-electron chi connectivity index (χ4n) is 4.40. The van der Waals surface area contributed by atoms with Crippen molar-refractivity contribution in [3.05, 3.63) is 34.9 Å². The highest BCUT2D eigenvalue weighted by atomic mass is 127. The van der Waals surface area contributed by atoms with Crippen molar-refractivity contribution >= 4 is 0 Å². The number of hydrogen-bond acceptors (Lipinski definition) is 4. The van der Waals surface area contributed by atoms with Gasteiger partial charge in [0.1, 0.15) is 6.04 Å². The molecule has 1 aliphatic carbocycles. The van der Waals surface area contributed by atoms with Gasteiger partial charge in [0.05, 0.1) is 46.0 Å². The zero-order chi connectivity index (χ0) is 21.1. The molecular formula is C21H26INO4. The van der Waals surface area contributed by atoms with Crippen LogP contribution in [-0.4, -0.2) is 51.5 Å². The lowest BCUT2D eigenvalue weighted by Crippen LogP contribution is -3.00. The summed E-state index contributed by atoms with van der Waals surface area (Å²) in [6.07, 6.45) is 1.15. The summed E-state index contributed by atoms with van der Waals surface area (Å²) in [6.45, 7) is -1.67. The van der Waals surface area contributed by atoms with Gasteiger partial charge in [0.15, 0.2) is 23.0 Å². The minimum atomic E-state index is -2.17. The third-order valence-corrected chi connectivity index (χ3v) is 5.75. The van der Waals surface area contributed by atoms with Gasteiger partial charge in [-0.05, 0) is 34.9 Å². The molecule has 1 heterocycles. The first-order chi connectivity index (χ1) is 13.7. The molecule has 0 amide bonds. The summed E-state index contributed by atoms with van der Waals surface area (Å²) in [5.41, 5.74) is 4.66. The van der Waals surface area contributed by atoms with E-state index in [0.717, 1.165) is 27.8 Å². The molecule has 0 radical (unpaired) electrons. The lowest BCUT2D eigenvalue weighted by Gasteiger charge is -2.46. The average Bonchev–Trinajstić information content (AvgIpc) is 2.68. The SMILES string of the molecule is [2H]C([2H])([2H])[N+]1(C)CCc2cc(OC)c(OC)c3c2[C@@H]1Cc1cc(O)c(OC)cc1-3.[I-]. The minimum absolute atomic E-state index is 0. The van der Waals surface area contributed by atoms with Crippen molar-refractivity contribution in [1.82, 2.24) is 0 Å². The van der Waals surface area contributed by atoms with Crippen LogP contribution in [-0.2, 0) is 12.8 Å². The first-order valence-electron chi connectivity index (χ1n) is 10.2. The lowest BCUT2D eigenvalue weighted by atomic mass is 9.75. The zero-order valence-electron chi connectivity index (χ0n) is 18.9. The van der Waals surface area contributed by atoms with Crippen molar-refractivity contribution < 1.29 is 51.9 Å². The number of aromatic hydroxyl groups is 1. The molecule has 2 aromatic rings. The molecule has 0 saturated carbocycles. The molecule has 5 nitrogen and oxygen atoms in total. The first kappa shape index (κ1) is 16.3. The number of nitrogens with zero attached hydrogens (tertiary/aromatic N) is 1. The number of rotatable bonds is 3. The Hall–Kier alpha value is -1.67. The van der Waals surface area contributed by atoms with Crippen molar-refractivity contribution in [2.24, 2.45) is 0 Å². The fraction of sp³-hybridized carbons (Fsp3) is 0.429. The van der Waals surface area contributed by atoms with Crippen LogP contribution in [0, 0.1) is 0 Å². The molecule has 0 bridgehead atoms. The number of phenolic OH excluding ortho intramolecular Hbond substituents is 1. The lowest BCUT2D eigenvalue weighted by molar-refractivity contribution is -0.923. The normalized spacial score (nSPS) is 24.3. The summed E-state index contributed by atoms with van der Waals surface area (Å²) in [5.74, 6) is 1.59. The highest BCUT2D eigenvalue weighted by Gasteiger charge is 2.43. The summed E-state index contributed by atoms with van der Waals surface area (Å²) < 4.78 is 41.3. The number of likely N-dealkylation sites (N-methyl/N-ethyl adjacent to an activating group) is 1. The maximum atomic E-state index is 10.4. The van der Waals surface area contributed by atoms with Gasteiger partial charge in [0, 0.05) is 24.0 Å². The van der Waals surface area contributed by atoms with Crippen LogP contribution in [0.15, 0.2) is 18.2 Å². The van der Waals surface area contributed by atoms with Gasteiger partial charge in [0.2, 0.25) is 0 Å². The van der Waals surface area contributed by atoms with Crippen molar-refractivity contribution in [3.63, 3.8) is 0 Å². The zero-order valence-corrected chi connectivity index (χ0v) is 18.1. The monoisotopic (exact) mass is 486 g/mol. The molecule has 0 saturated heterocycles. The summed E-state index contributed by atoms with van der Waals surface area (Å²) in [5, 5.41) is 10.4. The molecule has 0 spiro atoms. The van der Waals surface area contributed by atoms with E-state index < -0.39 is 6.98 Å². The van der Waals surface area contributed by atoms with Gasteiger partial charge in [-0.2, -0.15) is 0 Å². The molecule has 1 aliphatic heterocycles. The van der Waals surface area contributed by atoms with Crippen LogP contribution in [0.3, 0.4) is 0 Å². The summed E-state index contributed by atoms with van der Waals surface area (Å²) >= 11 is 0. The Morgan fingerprint density at radius 1 is 1.07 bits per heavy atom. The van der Waals surface area contributed by atoms with Crippen LogP contribution in [0.2, 0.25) is 0 Å². The molecule has 2 atom stereocenters. The van der Waals surface area contributed by atoms with Gasteiger partial charge in [0.25, 0.3) is 0 Å². The van der Waals surface area contributed by atoms with E-state index in [4.69, 9.17) is 18.3 Å². The van der Waals surface area contributed by atoms with E-state index in [1.54, 1.807) is 33.4 Å². The molecule has 6 heteroatoms. The van der Waals surface area contributed by atoms with E-state index in [0.29, 0.717) is 36.6 Å². The van der Waals surface area contributed by atoms with E-state index >= 15 is 0 Å². The second-order valence-electron chi connectivity index (χ2n) is 7.20. The van der Waals surface area contributed by atoms with Crippen molar-refractivity contribution in [2.75, 3.05) is 41.9 Å². The first-order valence-corrected chi connectivity index (χ1v) is 8.69. The van der Waals surface area contributed by atoms with Crippen LogP contribution in [0.4, 0.5) is 0 Å².